The van der Waals surface area contributed by atoms with Crippen LogP contribution in [0.15, 0.2) is 78.9 Å². The van der Waals surface area contributed by atoms with E-state index in [1.807, 2.05) is 53.4 Å². The third kappa shape index (κ3) is 5.24. The standard InChI is InChI=1S/C25H25FN2O2/c26-23-8-4-5-20(17-23)18-27-13-15-28(16-14-27)25(29)19-30-24-11-9-22(10-12-24)21-6-2-1-3-7-21/h1-12,17H,13-16,18-19H2. The van der Waals surface area contributed by atoms with Gasteiger partial charge in [0.25, 0.3) is 5.91 Å². The van der Waals surface area contributed by atoms with Crippen molar-refractivity contribution < 1.29 is 13.9 Å². The number of carbonyl (C=O) groups excluding carboxylic acids is 1. The van der Waals surface area contributed by atoms with Crippen LogP contribution < -0.4 is 4.74 Å². The van der Waals surface area contributed by atoms with Crippen molar-refractivity contribution in [2.24, 2.45) is 0 Å². The van der Waals surface area contributed by atoms with Gasteiger partial charge >= 0.3 is 0 Å². The first-order chi connectivity index (χ1) is 14.7. The predicted octanol–water partition coefficient (Wildman–Crippen LogP) is 4.22. The Morgan fingerprint density at radius 3 is 2.23 bits per heavy atom. The van der Waals surface area contributed by atoms with Crippen molar-refractivity contribution in [1.29, 1.82) is 0 Å². The molecule has 1 saturated heterocycles. The molecule has 1 aliphatic rings. The summed E-state index contributed by atoms with van der Waals surface area (Å²) < 4.78 is 19.0. The van der Waals surface area contributed by atoms with Crippen LogP contribution in [0.1, 0.15) is 5.56 Å². The molecule has 0 aliphatic carbocycles. The first-order valence-electron chi connectivity index (χ1n) is 10.2. The number of ether oxygens (including phenoxy) is 1. The van der Waals surface area contributed by atoms with Gasteiger partial charge in [-0.15, -0.1) is 0 Å². The fraction of sp³-hybridized carbons (Fsp3) is 0.240. The number of amides is 1. The highest BCUT2D eigenvalue weighted by molar-refractivity contribution is 5.78. The minimum Gasteiger partial charge on any atom is -0.484 e. The fourth-order valence-electron chi connectivity index (χ4n) is 3.66. The largest absolute Gasteiger partial charge is 0.484 e. The van der Waals surface area contributed by atoms with Crippen molar-refractivity contribution >= 4 is 5.91 Å². The number of rotatable bonds is 6. The fourth-order valence-corrected chi connectivity index (χ4v) is 3.66. The SMILES string of the molecule is O=C(COc1ccc(-c2ccccc2)cc1)N1CCN(Cc2cccc(F)c2)CC1. The van der Waals surface area contributed by atoms with Gasteiger partial charge in [0.05, 0.1) is 0 Å². The van der Waals surface area contributed by atoms with E-state index in [0.717, 1.165) is 29.8 Å². The monoisotopic (exact) mass is 404 g/mol. The molecule has 0 unspecified atom stereocenters. The van der Waals surface area contributed by atoms with Gasteiger partial charge in [0, 0.05) is 32.7 Å². The highest BCUT2D eigenvalue weighted by Gasteiger charge is 2.21. The Morgan fingerprint density at radius 2 is 1.53 bits per heavy atom. The van der Waals surface area contributed by atoms with Crippen molar-refractivity contribution in [2.75, 3.05) is 32.8 Å². The number of piperazine rings is 1. The summed E-state index contributed by atoms with van der Waals surface area (Å²) >= 11 is 0. The third-order valence-electron chi connectivity index (χ3n) is 5.34. The normalized spacial score (nSPS) is 14.5. The van der Waals surface area contributed by atoms with Gasteiger partial charge in [0.15, 0.2) is 6.61 Å². The van der Waals surface area contributed by atoms with Gasteiger partial charge in [-0.25, -0.2) is 4.39 Å². The predicted molar refractivity (Wildman–Crippen MR) is 116 cm³/mol. The van der Waals surface area contributed by atoms with Crippen molar-refractivity contribution in [3.63, 3.8) is 0 Å². The highest BCUT2D eigenvalue weighted by atomic mass is 19.1. The van der Waals surface area contributed by atoms with E-state index in [2.05, 4.69) is 17.0 Å². The van der Waals surface area contributed by atoms with Gasteiger partial charge in [-0.2, -0.15) is 0 Å². The molecule has 1 heterocycles. The molecular formula is C25H25FN2O2. The molecule has 0 bridgehead atoms. The highest BCUT2D eigenvalue weighted by Crippen LogP contribution is 2.22. The molecule has 1 aliphatic heterocycles. The molecular weight excluding hydrogens is 379 g/mol. The molecule has 30 heavy (non-hydrogen) atoms. The maximum atomic E-state index is 13.3. The minimum absolute atomic E-state index is 0.00691. The van der Waals surface area contributed by atoms with Crippen LogP contribution in [0.25, 0.3) is 11.1 Å². The molecule has 0 N–H and O–H groups in total. The minimum atomic E-state index is -0.213. The van der Waals surface area contributed by atoms with Crippen molar-refractivity contribution in [3.8, 4) is 16.9 Å². The van der Waals surface area contributed by atoms with Crippen LogP contribution in [0.4, 0.5) is 4.39 Å². The average molecular weight is 404 g/mol. The van der Waals surface area contributed by atoms with Crippen LogP contribution in [-0.2, 0) is 11.3 Å². The summed E-state index contributed by atoms with van der Waals surface area (Å²) in [6.45, 7) is 3.59. The summed E-state index contributed by atoms with van der Waals surface area (Å²) in [5.74, 6) is 0.468. The van der Waals surface area contributed by atoms with Crippen LogP contribution in [0.2, 0.25) is 0 Å². The Morgan fingerprint density at radius 1 is 0.833 bits per heavy atom. The maximum Gasteiger partial charge on any atom is 0.260 e. The van der Waals surface area contributed by atoms with Gasteiger partial charge in [-0.3, -0.25) is 9.69 Å². The molecule has 5 heteroatoms. The van der Waals surface area contributed by atoms with E-state index in [-0.39, 0.29) is 18.3 Å². The first-order valence-corrected chi connectivity index (χ1v) is 10.2. The van der Waals surface area contributed by atoms with Gasteiger partial charge in [-0.1, -0.05) is 54.6 Å². The molecule has 3 aromatic rings. The molecule has 154 valence electrons. The van der Waals surface area contributed by atoms with Crippen LogP contribution in [0.3, 0.4) is 0 Å². The summed E-state index contributed by atoms with van der Waals surface area (Å²) in [6.07, 6.45) is 0. The summed E-state index contributed by atoms with van der Waals surface area (Å²) in [4.78, 5) is 16.6. The van der Waals surface area contributed by atoms with Crippen molar-refractivity contribution in [2.45, 2.75) is 6.54 Å². The zero-order valence-electron chi connectivity index (χ0n) is 16.8. The first kappa shape index (κ1) is 20.1. The van der Waals surface area contributed by atoms with Gasteiger partial charge < -0.3 is 9.64 Å². The smallest absolute Gasteiger partial charge is 0.260 e. The van der Waals surface area contributed by atoms with Crippen LogP contribution in [0.5, 0.6) is 5.75 Å². The number of nitrogens with zero attached hydrogens (tertiary/aromatic N) is 2. The third-order valence-corrected chi connectivity index (χ3v) is 5.34. The second kappa shape index (κ2) is 9.55. The molecule has 1 fully saturated rings. The van der Waals surface area contributed by atoms with Gasteiger partial charge in [0.2, 0.25) is 0 Å². The molecule has 3 aromatic carbocycles. The topological polar surface area (TPSA) is 32.8 Å². The zero-order chi connectivity index (χ0) is 20.8. The Balaban J connectivity index is 1.23. The van der Waals surface area contributed by atoms with E-state index in [1.54, 1.807) is 12.1 Å². The van der Waals surface area contributed by atoms with E-state index in [4.69, 9.17) is 4.74 Å². The second-order valence-electron chi connectivity index (χ2n) is 7.47. The molecule has 0 spiro atoms. The van der Waals surface area contributed by atoms with Crippen LogP contribution >= 0.6 is 0 Å². The number of benzene rings is 3. The molecule has 4 rings (SSSR count). The van der Waals surface area contributed by atoms with E-state index in [1.165, 1.54) is 6.07 Å². The Kier molecular flexibility index (Phi) is 6.40. The van der Waals surface area contributed by atoms with Crippen molar-refractivity contribution in [1.82, 2.24) is 9.80 Å². The van der Waals surface area contributed by atoms with E-state index < -0.39 is 0 Å². The van der Waals surface area contributed by atoms with Crippen molar-refractivity contribution in [3.05, 3.63) is 90.2 Å². The Hall–Kier alpha value is -3.18. The number of hydrogen-bond donors (Lipinski definition) is 0. The lowest BCUT2D eigenvalue weighted by Gasteiger charge is -2.34. The van der Waals surface area contributed by atoms with E-state index in [0.29, 0.717) is 25.4 Å². The molecule has 0 radical (unpaired) electrons. The lowest BCUT2D eigenvalue weighted by molar-refractivity contribution is -0.135. The summed E-state index contributed by atoms with van der Waals surface area (Å²) in [5, 5.41) is 0. The van der Waals surface area contributed by atoms with Gasteiger partial charge in [-0.05, 0) is 41.0 Å². The molecule has 4 nitrogen and oxygen atoms in total. The molecule has 0 saturated carbocycles. The average Bonchev–Trinajstić information content (AvgIpc) is 2.79. The number of halogens is 1. The second-order valence-corrected chi connectivity index (χ2v) is 7.47. The Bertz CT molecular complexity index is 968. The zero-order valence-corrected chi connectivity index (χ0v) is 16.8. The lowest BCUT2D eigenvalue weighted by Crippen LogP contribution is -2.49. The number of carbonyl (C=O) groups is 1. The summed E-state index contributed by atoms with van der Waals surface area (Å²) in [5.41, 5.74) is 3.22. The lowest BCUT2D eigenvalue weighted by atomic mass is 10.1. The number of hydrogen-bond acceptors (Lipinski definition) is 3. The Labute approximate surface area is 176 Å². The maximum absolute atomic E-state index is 13.3. The quantitative estimate of drug-likeness (QED) is 0.617. The van der Waals surface area contributed by atoms with Gasteiger partial charge in [0.1, 0.15) is 11.6 Å². The molecule has 0 aromatic heterocycles. The van der Waals surface area contributed by atoms with Crippen LogP contribution in [0, 0.1) is 5.82 Å². The molecule has 1 amide bonds. The summed E-state index contributed by atoms with van der Waals surface area (Å²) in [6, 6.07) is 24.6. The van der Waals surface area contributed by atoms with E-state index in [9.17, 15) is 9.18 Å². The summed E-state index contributed by atoms with van der Waals surface area (Å²) in [7, 11) is 0. The molecule has 0 atom stereocenters. The van der Waals surface area contributed by atoms with Crippen LogP contribution in [-0.4, -0.2) is 48.5 Å². The van der Waals surface area contributed by atoms with E-state index >= 15 is 0 Å².